The van der Waals surface area contributed by atoms with Crippen LogP contribution in [0.1, 0.15) is 44.9 Å². The number of anilines is 1. The quantitative estimate of drug-likeness (QED) is 0.724. The van der Waals surface area contributed by atoms with Gasteiger partial charge in [-0.3, -0.25) is 0 Å². The van der Waals surface area contributed by atoms with E-state index in [0.29, 0.717) is 11.9 Å². The Labute approximate surface area is 115 Å². The number of rotatable bonds is 6. The van der Waals surface area contributed by atoms with Gasteiger partial charge >= 0.3 is 0 Å². The zero-order valence-corrected chi connectivity index (χ0v) is 12.4. The minimum absolute atomic E-state index is 0.494. The molecule has 0 radical (unpaired) electrons. The molecule has 2 rings (SSSR count). The van der Waals surface area contributed by atoms with Crippen molar-refractivity contribution in [3.63, 3.8) is 0 Å². The lowest BCUT2D eigenvalue weighted by atomic mass is 10.2. The van der Waals surface area contributed by atoms with Gasteiger partial charge in [-0.15, -0.1) is 11.6 Å². The van der Waals surface area contributed by atoms with Crippen molar-refractivity contribution < 1.29 is 0 Å². The molecule has 0 aromatic carbocycles. The van der Waals surface area contributed by atoms with E-state index in [2.05, 4.69) is 37.8 Å². The number of aromatic nitrogens is 1. The molecule has 1 aromatic rings. The first-order chi connectivity index (χ1) is 8.63. The Bertz CT molecular complexity index is 377. The standard InChI is InChI=1S/C15H23ClN2/c1-4-14-7-13(9-16)8-15(17-14)18(11(2)3)10-12-5-6-12/h7-8,11-12H,4-6,9-10H2,1-3H3. The fourth-order valence-electron chi connectivity index (χ4n) is 2.19. The number of hydrogen-bond donors (Lipinski definition) is 0. The molecule has 1 aromatic heterocycles. The molecule has 3 heteroatoms. The van der Waals surface area contributed by atoms with Gasteiger partial charge in [0.15, 0.2) is 0 Å². The molecule has 0 atom stereocenters. The number of halogens is 1. The van der Waals surface area contributed by atoms with E-state index in [1.165, 1.54) is 18.4 Å². The molecule has 1 aliphatic carbocycles. The Morgan fingerprint density at radius 2 is 2.11 bits per heavy atom. The molecule has 0 aliphatic heterocycles. The lowest BCUT2D eigenvalue weighted by molar-refractivity contribution is 0.635. The molecule has 1 heterocycles. The highest BCUT2D eigenvalue weighted by Gasteiger charge is 2.26. The van der Waals surface area contributed by atoms with Crippen LogP contribution >= 0.6 is 11.6 Å². The largest absolute Gasteiger partial charge is 0.354 e. The summed E-state index contributed by atoms with van der Waals surface area (Å²) in [6, 6.07) is 4.76. The van der Waals surface area contributed by atoms with E-state index in [1.54, 1.807) is 0 Å². The van der Waals surface area contributed by atoms with Crippen LogP contribution in [0.25, 0.3) is 0 Å². The molecular formula is C15H23ClN2. The van der Waals surface area contributed by atoms with Crippen LogP contribution in [0, 0.1) is 5.92 Å². The first-order valence-corrected chi connectivity index (χ1v) is 7.50. The summed E-state index contributed by atoms with van der Waals surface area (Å²) in [4.78, 5) is 7.19. The lowest BCUT2D eigenvalue weighted by Gasteiger charge is -2.28. The molecule has 0 spiro atoms. The van der Waals surface area contributed by atoms with Crippen LogP contribution in [0.5, 0.6) is 0 Å². The first-order valence-electron chi connectivity index (χ1n) is 6.96. The maximum absolute atomic E-state index is 5.98. The van der Waals surface area contributed by atoms with Crippen LogP contribution in [0.2, 0.25) is 0 Å². The van der Waals surface area contributed by atoms with Gasteiger partial charge in [0.25, 0.3) is 0 Å². The summed E-state index contributed by atoms with van der Waals surface area (Å²) in [6.45, 7) is 7.76. The van der Waals surface area contributed by atoms with E-state index >= 15 is 0 Å². The van der Waals surface area contributed by atoms with Gasteiger partial charge in [-0.1, -0.05) is 6.92 Å². The summed E-state index contributed by atoms with van der Waals surface area (Å²) < 4.78 is 0. The van der Waals surface area contributed by atoms with Crippen molar-refractivity contribution in [1.82, 2.24) is 4.98 Å². The van der Waals surface area contributed by atoms with Crippen molar-refractivity contribution in [3.8, 4) is 0 Å². The minimum atomic E-state index is 0.494. The van der Waals surface area contributed by atoms with Crippen molar-refractivity contribution in [2.75, 3.05) is 11.4 Å². The zero-order chi connectivity index (χ0) is 13.1. The first kappa shape index (κ1) is 13.7. The second-order valence-electron chi connectivity index (χ2n) is 5.50. The zero-order valence-electron chi connectivity index (χ0n) is 11.6. The summed E-state index contributed by atoms with van der Waals surface area (Å²) in [5, 5.41) is 0. The van der Waals surface area contributed by atoms with Gasteiger partial charge in [0.1, 0.15) is 5.82 Å². The fourth-order valence-corrected chi connectivity index (χ4v) is 2.34. The molecule has 18 heavy (non-hydrogen) atoms. The highest BCUT2D eigenvalue weighted by atomic mass is 35.5. The van der Waals surface area contributed by atoms with Crippen molar-refractivity contribution in [3.05, 3.63) is 23.4 Å². The Hall–Kier alpha value is -0.760. The van der Waals surface area contributed by atoms with Crippen molar-refractivity contribution in [2.24, 2.45) is 5.92 Å². The van der Waals surface area contributed by atoms with Crippen molar-refractivity contribution >= 4 is 17.4 Å². The van der Waals surface area contributed by atoms with Gasteiger partial charge < -0.3 is 4.90 Å². The normalized spacial score (nSPS) is 15.2. The minimum Gasteiger partial charge on any atom is -0.354 e. The predicted octanol–water partition coefficient (Wildman–Crippen LogP) is 4.01. The Kier molecular flexibility index (Phi) is 4.50. The topological polar surface area (TPSA) is 16.1 Å². The van der Waals surface area contributed by atoms with Crippen LogP contribution < -0.4 is 4.90 Å². The van der Waals surface area contributed by atoms with Crippen LogP contribution in [-0.2, 0) is 12.3 Å². The number of hydrogen-bond acceptors (Lipinski definition) is 2. The van der Waals surface area contributed by atoms with Crippen LogP contribution in [0.4, 0.5) is 5.82 Å². The van der Waals surface area contributed by atoms with Crippen LogP contribution in [0.3, 0.4) is 0 Å². The highest BCUT2D eigenvalue weighted by molar-refractivity contribution is 6.17. The second kappa shape index (κ2) is 5.92. The summed E-state index contributed by atoms with van der Waals surface area (Å²) >= 11 is 5.98. The molecule has 0 amide bonds. The molecule has 0 bridgehead atoms. The third-order valence-corrected chi connectivity index (χ3v) is 3.82. The van der Waals surface area contributed by atoms with E-state index in [-0.39, 0.29) is 0 Å². The van der Waals surface area contributed by atoms with Crippen molar-refractivity contribution in [1.29, 1.82) is 0 Å². The monoisotopic (exact) mass is 266 g/mol. The number of pyridine rings is 1. The van der Waals surface area contributed by atoms with E-state index in [9.17, 15) is 0 Å². The van der Waals surface area contributed by atoms with Crippen molar-refractivity contribution in [2.45, 2.75) is 52.0 Å². The van der Waals surface area contributed by atoms with Crippen LogP contribution in [-0.4, -0.2) is 17.6 Å². The summed E-state index contributed by atoms with van der Waals surface area (Å²) in [5.74, 6) is 2.54. The van der Waals surface area contributed by atoms with E-state index in [4.69, 9.17) is 16.6 Å². The van der Waals surface area contributed by atoms with Gasteiger partial charge in [0.2, 0.25) is 0 Å². The van der Waals surface area contributed by atoms with Gasteiger partial charge in [-0.25, -0.2) is 4.98 Å². The molecule has 1 fully saturated rings. The smallest absolute Gasteiger partial charge is 0.129 e. The molecule has 100 valence electrons. The molecule has 1 aliphatic rings. The maximum Gasteiger partial charge on any atom is 0.129 e. The summed E-state index contributed by atoms with van der Waals surface area (Å²) in [5.41, 5.74) is 2.32. The number of alkyl halides is 1. The van der Waals surface area contributed by atoms with Crippen LogP contribution in [0.15, 0.2) is 12.1 Å². The summed E-state index contributed by atoms with van der Waals surface area (Å²) in [6.07, 6.45) is 3.71. The molecule has 0 saturated heterocycles. The second-order valence-corrected chi connectivity index (χ2v) is 5.77. The Morgan fingerprint density at radius 3 is 2.61 bits per heavy atom. The van der Waals surface area contributed by atoms with Gasteiger partial charge in [0, 0.05) is 24.2 Å². The molecule has 0 N–H and O–H groups in total. The SMILES string of the molecule is CCc1cc(CCl)cc(N(CC2CC2)C(C)C)n1. The Morgan fingerprint density at radius 1 is 1.39 bits per heavy atom. The van der Waals surface area contributed by atoms with Gasteiger partial charge in [-0.05, 0) is 56.7 Å². The Balaban J connectivity index is 2.26. The molecule has 0 unspecified atom stereocenters. The summed E-state index contributed by atoms with van der Waals surface area (Å²) in [7, 11) is 0. The lowest BCUT2D eigenvalue weighted by Crippen LogP contribution is -2.33. The predicted molar refractivity (Wildman–Crippen MR) is 78.4 cm³/mol. The number of aryl methyl sites for hydroxylation is 1. The molecular weight excluding hydrogens is 244 g/mol. The van der Waals surface area contributed by atoms with E-state index in [1.807, 2.05) is 0 Å². The van der Waals surface area contributed by atoms with E-state index < -0.39 is 0 Å². The number of nitrogens with zero attached hydrogens (tertiary/aromatic N) is 2. The fraction of sp³-hybridized carbons (Fsp3) is 0.667. The molecule has 2 nitrogen and oxygen atoms in total. The third kappa shape index (κ3) is 3.38. The average molecular weight is 267 g/mol. The van der Waals surface area contributed by atoms with Gasteiger partial charge in [0.05, 0.1) is 0 Å². The van der Waals surface area contributed by atoms with E-state index in [0.717, 1.165) is 30.4 Å². The van der Waals surface area contributed by atoms with Gasteiger partial charge in [-0.2, -0.15) is 0 Å². The highest BCUT2D eigenvalue weighted by Crippen LogP contribution is 2.32. The average Bonchev–Trinajstić information content (AvgIpc) is 3.18. The maximum atomic E-state index is 5.98. The third-order valence-electron chi connectivity index (χ3n) is 3.51. The molecule has 1 saturated carbocycles.